The standard InChI is InChI=1S/C22H22ClN3O3S/c1-30(28,29)26(16-19-6-2-3-7-22(19)23)21-10-8-20(9-11-21)25(17-27)14-12-18-5-4-13-24-15-18/h2-11,13,15,17H,12,14,16H2,1H3. The first-order valence-electron chi connectivity index (χ1n) is 9.30. The number of sulfonamides is 1. The SMILES string of the molecule is CS(=O)(=O)N(Cc1ccccc1Cl)c1ccc(N(C=O)CCc2cccnc2)cc1. The summed E-state index contributed by atoms with van der Waals surface area (Å²) >= 11 is 6.21. The third kappa shape index (κ3) is 5.58. The molecule has 3 rings (SSSR count). The number of halogens is 1. The molecule has 0 aliphatic rings. The number of hydrogen-bond donors (Lipinski definition) is 0. The van der Waals surface area contributed by atoms with Crippen molar-refractivity contribution < 1.29 is 13.2 Å². The van der Waals surface area contributed by atoms with Crippen LogP contribution in [0.25, 0.3) is 0 Å². The van der Waals surface area contributed by atoms with Gasteiger partial charge >= 0.3 is 0 Å². The average molecular weight is 444 g/mol. The summed E-state index contributed by atoms with van der Waals surface area (Å²) in [6.07, 6.45) is 6.06. The molecule has 0 fully saturated rings. The van der Waals surface area contributed by atoms with Gasteiger partial charge in [-0.25, -0.2) is 8.42 Å². The van der Waals surface area contributed by atoms with E-state index in [4.69, 9.17) is 11.6 Å². The summed E-state index contributed by atoms with van der Waals surface area (Å²) in [5, 5.41) is 0.505. The molecule has 0 saturated carbocycles. The van der Waals surface area contributed by atoms with Gasteiger partial charge in [0.2, 0.25) is 16.4 Å². The Morgan fingerprint density at radius 3 is 2.30 bits per heavy atom. The van der Waals surface area contributed by atoms with Gasteiger partial charge in [-0.1, -0.05) is 35.9 Å². The van der Waals surface area contributed by atoms with Gasteiger partial charge in [0.05, 0.1) is 18.5 Å². The van der Waals surface area contributed by atoms with Crippen molar-refractivity contribution >= 4 is 39.4 Å². The van der Waals surface area contributed by atoms with Gasteiger partial charge in [0, 0.05) is 29.6 Å². The second kappa shape index (κ2) is 9.73. The molecule has 0 aliphatic carbocycles. The molecular weight excluding hydrogens is 422 g/mol. The third-order valence-electron chi connectivity index (χ3n) is 4.63. The van der Waals surface area contributed by atoms with Crippen LogP contribution >= 0.6 is 11.6 Å². The molecule has 6 nitrogen and oxygen atoms in total. The minimum Gasteiger partial charge on any atom is -0.315 e. The number of aromatic nitrogens is 1. The molecule has 2 aromatic carbocycles. The topological polar surface area (TPSA) is 70.6 Å². The van der Waals surface area contributed by atoms with Crippen LogP contribution in [-0.4, -0.2) is 32.6 Å². The number of nitrogens with zero attached hydrogens (tertiary/aromatic N) is 3. The number of amides is 1. The predicted octanol–water partition coefficient (Wildman–Crippen LogP) is 3.91. The van der Waals surface area contributed by atoms with Gasteiger partial charge < -0.3 is 4.90 Å². The summed E-state index contributed by atoms with van der Waals surface area (Å²) in [6.45, 7) is 0.611. The molecular formula is C22H22ClN3O3S. The number of hydrogen-bond acceptors (Lipinski definition) is 4. The maximum atomic E-state index is 12.4. The molecule has 0 atom stereocenters. The Morgan fingerprint density at radius 2 is 1.70 bits per heavy atom. The van der Waals surface area contributed by atoms with E-state index in [2.05, 4.69) is 4.98 Å². The normalized spacial score (nSPS) is 11.1. The van der Waals surface area contributed by atoms with Crippen LogP contribution in [0.15, 0.2) is 73.1 Å². The highest BCUT2D eigenvalue weighted by atomic mass is 35.5. The van der Waals surface area contributed by atoms with E-state index in [1.807, 2.05) is 18.2 Å². The maximum absolute atomic E-state index is 12.4. The van der Waals surface area contributed by atoms with Crippen LogP contribution in [0.2, 0.25) is 5.02 Å². The molecule has 0 N–H and O–H groups in total. The zero-order valence-electron chi connectivity index (χ0n) is 16.5. The molecule has 1 heterocycles. The Morgan fingerprint density at radius 1 is 1.00 bits per heavy atom. The molecule has 0 radical (unpaired) electrons. The molecule has 8 heteroatoms. The Balaban J connectivity index is 1.78. The summed E-state index contributed by atoms with van der Waals surface area (Å²) in [4.78, 5) is 17.2. The van der Waals surface area contributed by atoms with E-state index in [1.54, 1.807) is 59.8 Å². The van der Waals surface area contributed by atoms with Gasteiger partial charge in [-0.3, -0.25) is 14.1 Å². The molecule has 1 amide bonds. The fraction of sp³-hybridized carbons (Fsp3) is 0.182. The van der Waals surface area contributed by atoms with Crippen molar-refractivity contribution in [2.45, 2.75) is 13.0 Å². The fourth-order valence-electron chi connectivity index (χ4n) is 3.03. The van der Waals surface area contributed by atoms with Crippen LogP contribution < -0.4 is 9.21 Å². The summed E-state index contributed by atoms with van der Waals surface area (Å²) in [5.74, 6) is 0. The van der Waals surface area contributed by atoms with Crippen molar-refractivity contribution in [3.63, 3.8) is 0 Å². The molecule has 0 aliphatic heterocycles. The minimum absolute atomic E-state index is 0.121. The van der Waals surface area contributed by atoms with E-state index in [0.717, 1.165) is 18.2 Å². The van der Waals surface area contributed by atoms with Gasteiger partial charge in [0.1, 0.15) is 0 Å². The molecule has 3 aromatic rings. The lowest BCUT2D eigenvalue weighted by atomic mass is 10.2. The number of anilines is 2. The number of pyridine rings is 1. The van der Waals surface area contributed by atoms with Crippen molar-refractivity contribution in [1.29, 1.82) is 0 Å². The van der Waals surface area contributed by atoms with Crippen molar-refractivity contribution in [1.82, 2.24) is 4.98 Å². The van der Waals surface area contributed by atoms with Crippen molar-refractivity contribution in [3.05, 3.63) is 89.2 Å². The highest BCUT2D eigenvalue weighted by Gasteiger charge is 2.19. The summed E-state index contributed by atoms with van der Waals surface area (Å²) in [7, 11) is -3.53. The highest BCUT2D eigenvalue weighted by Crippen LogP contribution is 2.26. The van der Waals surface area contributed by atoms with Gasteiger partial charge in [0.15, 0.2) is 0 Å². The third-order valence-corrected chi connectivity index (χ3v) is 6.14. The van der Waals surface area contributed by atoms with Crippen molar-refractivity contribution in [3.8, 4) is 0 Å². The summed E-state index contributed by atoms with van der Waals surface area (Å²) < 4.78 is 26.1. The molecule has 0 saturated heterocycles. The van der Waals surface area contributed by atoms with Gasteiger partial charge in [-0.05, 0) is 53.9 Å². The smallest absolute Gasteiger partial charge is 0.232 e. The molecule has 156 valence electrons. The van der Waals surface area contributed by atoms with E-state index in [-0.39, 0.29) is 6.54 Å². The lowest BCUT2D eigenvalue weighted by Crippen LogP contribution is -2.29. The van der Waals surface area contributed by atoms with Crippen LogP contribution in [-0.2, 0) is 27.8 Å². The van der Waals surface area contributed by atoms with Crippen LogP contribution in [0.1, 0.15) is 11.1 Å². The monoisotopic (exact) mass is 443 g/mol. The molecule has 30 heavy (non-hydrogen) atoms. The Labute approximate surface area is 181 Å². The second-order valence-electron chi connectivity index (χ2n) is 6.79. The van der Waals surface area contributed by atoms with E-state index >= 15 is 0 Å². The number of carbonyl (C=O) groups is 1. The van der Waals surface area contributed by atoms with E-state index in [1.165, 1.54) is 4.31 Å². The summed E-state index contributed by atoms with van der Waals surface area (Å²) in [5.41, 5.74) is 2.92. The van der Waals surface area contributed by atoms with Gasteiger partial charge in [-0.15, -0.1) is 0 Å². The van der Waals surface area contributed by atoms with Crippen molar-refractivity contribution in [2.75, 3.05) is 22.0 Å². The Hall–Kier alpha value is -2.90. The molecule has 0 spiro atoms. The number of benzene rings is 2. The lowest BCUT2D eigenvalue weighted by Gasteiger charge is -2.24. The molecule has 1 aromatic heterocycles. The Bertz CT molecular complexity index is 1090. The van der Waals surface area contributed by atoms with Gasteiger partial charge in [-0.2, -0.15) is 0 Å². The minimum atomic E-state index is -3.53. The lowest BCUT2D eigenvalue weighted by molar-refractivity contribution is -0.107. The van der Waals surface area contributed by atoms with Gasteiger partial charge in [0.25, 0.3) is 0 Å². The van der Waals surface area contributed by atoms with E-state index < -0.39 is 10.0 Å². The number of rotatable bonds is 9. The molecule has 0 unspecified atom stereocenters. The largest absolute Gasteiger partial charge is 0.315 e. The average Bonchev–Trinajstić information content (AvgIpc) is 2.74. The highest BCUT2D eigenvalue weighted by molar-refractivity contribution is 7.92. The predicted molar refractivity (Wildman–Crippen MR) is 120 cm³/mol. The first-order valence-corrected chi connectivity index (χ1v) is 11.5. The zero-order chi connectivity index (χ0) is 21.6. The number of carbonyl (C=O) groups excluding carboxylic acids is 1. The quantitative estimate of drug-likeness (QED) is 0.470. The van der Waals surface area contributed by atoms with E-state index in [9.17, 15) is 13.2 Å². The zero-order valence-corrected chi connectivity index (χ0v) is 18.1. The van der Waals surface area contributed by atoms with Crippen LogP contribution in [0.4, 0.5) is 11.4 Å². The van der Waals surface area contributed by atoms with Crippen LogP contribution in [0.5, 0.6) is 0 Å². The summed E-state index contributed by atoms with van der Waals surface area (Å²) in [6, 6.07) is 17.8. The second-order valence-corrected chi connectivity index (χ2v) is 9.10. The first kappa shape index (κ1) is 21.8. The van der Waals surface area contributed by atoms with Crippen LogP contribution in [0, 0.1) is 0 Å². The Kier molecular flexibility index (Phi) is 7.07. The maximum Gasteiger partial charge on any atom is 0.232 e. The van der Waals surface area contributed by atoms with E-state index in [0.29, 0.717) is 34.9 Å². The van der Waals surface area contributed by atoms with Crippen LogP contribution in [0.3, 0.4) is 0 Å². The first-order chi connectivity index (χ1) is 14.4. The fourth-order valence-corrected chi connectivity index (χ4v) is 4.10. The van der Waals surface area contributed by atoms with Crippen molar-refractivity contribution in [2.24, 2.45) is 0 Å². The molecule has 0 bridgehead atoms.